The van der Waals surface area contributed by atoms with Gasteiger partial charge >= 0.3 is 0 Å². The molecule has 1 unspecified atom stereocenters. The lowest BCUT2D eigenvalue weighted by Crippen LogP contribution is -2.62. The Morgan fingerprint density at radius 1 is 1.27 bits per heavy atom. The maximum absolute atomic E-state index is 12.5. The summed E-state index contributed by atoms with van der Waals surface area (Å²) in [5, 5.41) is 3.74. The molecular formula is C15H22N4O3. The molecule has 2 saturated heterocycles. The van der Waals surface area contributed by atoms with Gasteiger partial charge in [-0.1, -0.05) is 5.16 Å². The highest BCUT2D eigenvalue weighted by Crippen LogP contribution is 2.32. The Morgan fingerprint density at radius 2 is 2.09 bits per heavy atom. The van der Waals surface area contributed by atoms with Gasteiger partial charge in [0.2, 0.25) is 5.91 Å². The van der Waals surface area contributed by atoms with Gasteiger partial charge in [0.25, 0.3) is 5.91 Å². The van der Waals surface area contributed by atoms with Crippen LogP contribution < -0.4 is 0 Å². The summed E-state index contributed by atoms with van der Waals surface area (Å²) in [4.78, 5) is 30.4. The van der Waals surface area contributed by atoms with Gasteiger partial charge in [0.1, 0.15) is 6.26 Å². The molecule has 1 spiro atoms. The monoisotopic (exact) mass is 306 g/mol. The number of likely N-dealkylation sites (tertiary alicyclic amines) is 1. The number of likely N-dealkylation sites (N-methyl/N-ethyl adjacent to an activating group) is 1. The van der Waals surface area contributed by atoms with Crippen molar-refractivity contribution in [1.82, 2.24) is 19.9 Å². The number of nitrogens with zero attached hydrogens (tertiary/aromatic N) is 4. The van der Waals surface area contributed by atoms with E-state index in [1.807, 2.05) is 11.9 Å². The topological polar surface area (TPSA) is 69.9 Å². The Balaban J connectivity index is 1.78. The van der Waals surface area contributed by atoms with Crippen molar-refractivity contribution in [3.8, 4) is 0 Å². The van der Waals surface area contributed by atoms with Crippen LogP contribution in [0.1, 0.15) is 29.8 Å². The number of hydrogen-bond acceptors (Lipinski definition) is 5. The van der Waals surface area contributed by atoms with Gasteiger partial charge in [-0.25, -0.2) is 0 Å². The number of amides is 2. The second kappa shape index (κ2) is 5.72. The third-order valence-corrected chi connectivity index (χ3v) is 5.09. The van der Waals surface area contributed by atoms with Gasteiger partial charge in [-0.3, -0.25) is 14.5 Å². The zero-order chi connectivity index (χ0) is 15.7. The van der Waals surface area contributed by atoms with Crippen LogP contribution in [-0.4, -0.2) is 77.5 Å². The summed E-state index contributed by atoms with van der Waals surface area (Å²) in [5.74, 6) is 0.0929. The van der Waals surface area contributed by atoms with Gasteiger partial charge in [0, 0.05) is 51.3 Å². The number of hydrogen-bond donors (Lipinski definition) is 0. The van der Waals surface area contributed by atoms with Gasteiger partial charge in [0.05, 0.1) is 0 Å². The molecule has 0 bridgehead atoms. The van der Waals surface area contributed by atoms with Crippen LogP contribution in [0, 0.1) is 0 Å². The van der Waals surface area contributed by atoms with Crippen molar-refractivity contribution < 1.29 is 14.1 Å². The Hall–Kier alpha value is -1.89. The standard InChI is InChI=1S/C15H22N4O3/c1-17-7-6-15(5-3-13(17)20)11-19(9-8-18(15)2)14(21)12-4-10-22-16-12/h4,10H,3,5-9,11H2,1-2H3. The molecule has 0 aromatic carbocycles. The SMILES string of the molecule is CN1CCC2(CCC1=O)CN(C(=O)c1ccon1)CCN2C. The quantitative estimate of drug-likeness (QED) is 0.753. The molecule has 7 heteroatoms. The number of carbonyl (C=O) groups excluding carboxylic acids is 2. The van der Waals surface area contributed by atoms with E-state index in [-0.39, 0.29) is 17.4 Å². The van der Waals surface area contributed by atoms with E-state index < -0.39 is 0 Å². The van der Waals surface area contributed by atoms with E-state index in [1.54, 1.807) is 11.0 Å². The molecule has 120 valence electrons. The second-order valence-electron chi connectivity index (χ2n) is 6.32. The lowest BCUT2D eigenvalue weighted by molar-refractivity contribution is -0.129. The molecule has 0 saturated carbocycles. The van der Waals surface area contributed by atoms with E-state index in [0.717, 1.165) is 25.9 Å². The minimum atomic E-state index is -0.127. The second-order valence-corrected chi connectivity index (χ2v) is 6.32. The zero-order valence-electron chi connectivity index (χ0n) is 13.1. The third-order valence-electron chi connectivity index (χ3n) is 5.09. The fourth-order valence-corrected chi connectivity index (χ4v) is 3.42. The van der Waals surface area contributed by atoms with Crippen LogP contribution in [0.25, 0.3) is 0 Å². The Labute approximate surface area is 129 Å². The zero-order valence-corrected chi connectivity index (χ0v) is 13.1. The molecule has 3 heterocycles. The molecule has 1 atom stereocenters. The van der Waals surface area contributed by atoms with Gasteiger partial charge in [-0.05, 0) is 19.9 Å². The normalized spacial score (nSPS) is 27.3. The van der Waals surface area contributed by atoms with E-state index >= 15 is 0 Å². The lowest BCUT2D eigenvalue weighted by atomic mass is 9.86. The predicted octanol–water partition coefficient (Wildman–Crippen LogP) is 0.443. The third kappa shape index (κ3) is 2.61. The number of aromatic nitrogens is 1. The summed E-state index contributed by atoms with van der Waals surface area (Å²) in [6, 6.07) is 1.59. The van der Waals surface area contributed by atoms with Gasteiger partial charge in [0.15, 0.2) is 5.69 Å². The summed E-state index contributed by atoms with van der Waals surface area (Å²) in [6.45, 7) is 2.85. The van der Waals surface area contributed by atoms with E-state index in [1.165, 1.54) is 6.26 Å². The van der Waals surface area contributed by atoms with E-state index in [0.29, 0.717) is 25.2 Å². The first-order valence-electron chi connectivity index (χ1n) is 7.67. The molecule has 0 radical (unpaired) electrons. The maximum Gasteiger partial charge on any atom is 0.276 e. The van der Waals surface area contributed by atoms with E-state index in [4.69, 9.17) is 4.52 Å². The van der Waals surface area contributed by atoms with Crippen LogP contribution in [0.5, 0.6) is 0 Å². The summed E-state index contributed by atoms with van der Waals surface area (Å²) >= 11 is 0. The highest BCUT2D eigenvalue weighted by atomic mass is 16.5. The summed E-state index contributed by atoms with van der Waals surface area (Å²) in [6.07, 6.45) is 3.62. The highest BCUT2D eigenvalue weighted by molar-refractivity contribution is 5.92. The molecule has 7 nitrogen and oxygen atoms in total. The largest absolute Gasteiger partial charge is 0.364 e. The maximum atomic E-state index is 12.5. The molecule has 0 N–H and O–H groups in total. The minimum absolute atomic E-state index is 0.0925. The molecule has 22 heavy (non-hydrogen) atoms. The highest BCUT2D eigenvalue weighted by Gasteiger charge is 2.43. The van der Waals surface area contributed by atoms with Crippen LogP contribution >= 0.6 is 0 Å². The molecule has 2 amide bonds. The number of piperazine rings is 1. The van der Waals surface area contributed by atoms with Crippen LogP contribution in [0.4, 0.5) is 0 Å². The molecule has 2 aliphatic heterocycles. The molecule has 1 aromatic rings. The van der Waals surface area contributed by atoms with Crippen molar-refractivity contribution in [2.75, 3.05) is 40.3 Å². The summed E-state index contributed by atoms with van der Waals surface area (Å²) < 4.78 is 4.77. The van der Waals surface area contributed by atoms with Gasteiger partial charge in [-0.15, -0.1) is 0 Å². The van der Waals surface area contributed by atoms with Crippen LogP contribution in [0.15, 0.2) is 16.9 Å². The van der Waals surface area contributed by atoms with Crippen molar-refractivity contribution in [2.24, 2.45) is 0 Å². The first kappa shape index (κ1) is 15.0. The van der Waals surface area contributed by atoms with Crippen molar-refractivity contribution in [3.05, 3.63) is 18.0 Å². The van der Waals surface area contributed by atoms with Crippen LogP contribution in [-0.2, 0) is 4.79 Å². The Kier molecular flexibility index (Phi) is 3.90. The van der Waals surface area contributed by atoms with E-state index in [9.17, 15) is 9.59 Å². The van der Waals surface area contributed by atoms with Crippen LogP contribution in [0.3, 0.4) is 0 Å². The fraction of sp³-hybridized carbons (Fsp3) is 0.667. The predicted molar refractivity (Wildman–Crippen MR) is 79.3 cm³/mol. The fourth-order valence-electron chi connectivity index (χ4n) is 3.42. The lowest BCUT2D eigenvalue weighted by Gasteiger charge is -2.49. The molecule has 3 rings (SSSR count). The van der Waals surface area contributed by atoms with Crippen molar-refractivity contribution in [3.63, 3.8) is 0 Å². The number of rotatable bonds is 1. The average Bonchev–Trinajstić information content (AvgIpc) is 3.01. The van der Waals surface area contributed by atoms with Gasteiger partial charge in [-0.2, -0.15) is 0 Å². The molecular weight excluding hydrogens is 284 g/mol. The van der Waals surface area contributed by atoms with Crippen molar-refractivity contribution in [1.29, 1.82) is 0 Å². The minimum Gasteiger partial charge on any atom is -0.364 e. The number of carbonyl (C=O) groups is 2. The summed E-state index contributed by atoms with van der Waals surface area (Å²) in [5.41, 5.74) is 0.222. The van der Waals surface area contributed by atoms with Crippen LogP contribution in [0.2, 0.25) is 0 Å². The molecule has 0 aliphatic carbocycles. The molecule has 2 aliphatic rings. The Morgan fingerprint density at radius 3 is 2.82 bits per heavy atom. The summed E-state index contributed by atoms with van der Waals surface area (Å²) in [7, 11) is 3.94. The smallest absolute Gasteiger partial charge is 0.276 e. The van der Waals surface area contributed by atoms with E-state index in [2.05, 4.69) is 17.1 Å². The first-order chi connectivity index (χ1) is 10.5. The molecule has 2 fully saturated rings. The average molecular weight is 306 g/mol. The Bertz CT molecular complexity index is 559. The van der Waals surface area contributed by atoms with Crippen molar-refractivity contribution >= 4 is 11.8 Å². The molecule has 1 aromatic heterocycles. The van der Waals surface area contributed by atoms with Crippen molar-refractivity contribution in [2.45, 2.75) is 24.8 Å². The van der Waals surface area contributed by atoms with Gasteiger partial charge < -0.3 is 14.3 Å². The first-order valence-corrected chi connectivity index (χ1v) is 7.67.